The first kappa shape index (κ1) is 21.6. The van der Waals surface area contributed by atoms with E-state index in [1.807, 2.05) is 48.5 Å². The highest BCUT2D eigenvalue weighted by Gasteiger charge is 2.21. The second-order valence-electron chi connectivity index (χ2n) is 5.96. The van der Waals surface area contributed by atoms with Crippen molar-refractivity contribution in [3.63, 3.8) is 0 Å². The predicted octanol–water partition coefficient (Wildman–Crippen LogP) is 5.36. The van der Waals surface area contributed by atoms with Crippen molar-refractivity contribution in [1.82, 2.24) is 9.88 Å². The van der Waals surface area contributed by atoms with Crippen LogP contribution in [0.3, 0.4) is 0 Å². The molecule has 0 N–H and O–H groups in total. The zero-order chi connectivity index (χ0) is 18.5. The molecule has 0 atom stereocenters. The molecule has 3 rings (SSSR count). The first-order valence-corrected chi connectivity index (χ1v) is 9.97. The number of thiazole rings is 1. The maximum absolute atomic E-state index is 13.1. The molecule has 1 aromatic heterocycles. The van der Waals surface area contributed by atoms with Gasteiger partial charge in [0, 0.05) is 23.7 Å². The molecule has 1 amide bonds. The fourth-order valence-corrected chi connectivity index (χ4v) is 4.07. The lowest BCUT2D eigenvalue weighted by molar-refractivity contribution is 0.0984. The Morgan fingerprint density at radius 3 is 2.44 bits per heavy atom. The van der Waals surface area contributed by atoms with E-state index in [0.717, 1.165) is 29.9 Å². The van der Waals surface area contributed by atoms with Gasteiger partial charge in [0.25, 0.3) is 5.91 Å². The SMILES string of the molecule is CCN(CC)CCN(C(=O)c1ccccc1)c1nc2ccc(Cl)cc2s1.Cl. The number of halogens is 2. The first-order chi connectivity index (χ1) is 12.6. The Labute approximate surface area is 175 Å². The Bertz CT molecular complexity index is 881. The third-order valence-electron chi connectivity index (χ3n) is 4.37. The number of anilines is 1. The minimum atomic E-state index is -0.0251. The quantitative estimate of drug-likeness (QED) is 0.512. The lowest BCUT2D eigenvalue weighted by Gasteiger charge is -2.24. The molecule has 0 saturated heterocycles. The number of likely N-dealkylation sites (N-methyl/N-ethyl adjacent to an activating group) is 1. The molecule has 7 heteroatoms. The molecule has 0 unspecified atom stereocenters. The van der Waals surface area contributed by atoms with Crippen LogP contribution in [0, 0.1) is 0 Å². The monoisotopic (exact) mass is 423 g/mol. The van der Waals surface area contributed by atoms with Gasteiger partial charge in [-0.2, -0.15) is 0 Å². The van der Waals surface area contributed by atoms with Crippen molar-refractivity contribution in [3.05, 3.63) is 59.1 Å². The van der Waals surface area contributed by atoms with Gasteiger partial charge in [0.1, 0.15) is 0 Å². The summed E-state index contributed by atoms with van der Waals surface area (Å²) in [6, 6.07) is 15.0. The van der Waals surface area contributed by atoms with Crippen LogP contribution in [0.2, 0.25) is 5.02 Å². The molecule has 0 bridgehead atoms. The number of fused-ring (bicyclic) bond motifs is 1. The second kappa shape index (κ2) is 10.0. The van der Waals surface area contributed by atoms with Crippen LogP contribution in [0.15, 0.2) is 48.5 Å². The minimum absolute atomic E-state index is 0. The molecule has 144 valence electrons. The standard InChI is InChI=1S/C20H22ClN3OS.ClH/c1-3-23(4-2)12-13-24(19(25)15-8-6-5-7-9-15)20-22-17-11-10-16(21)14-18(17)26-20;/h5-11,14H,3-4,12-13H2,1-2H3;1H. The molecule has 4 nitrogen and oxygen atoms in total. The van der Waals surface area contributed by atoms with E-state index in [9.17, 15) is 4.79 Å². The van der Waals surface area contributed by atoms with E-state index in [4.69, 9.17) is 11.6 Å². The van der Waals surface area contributed by atoms with Crippen molar-refractivity contribution in [2.75, 3.05) is 31.1 Å². The number of nitrogens with zero attached hydrogens (tertiary/aromatic N) is 3. The van der Waals surface area contributed by atoms with E-state index in [1.165, 1.54) is 11.3 Å². The van der Waals surface area contributed by atoms with Gasteiger partial charge in [-0.3, -0.25) is 9.69 Å². The van der Waals surface area contributed by atoms with Crippen molar-refractivity contribution in [2.24, 2.45) is 0 Å². The summed E-state index contributed by atoms with van der Waals surface area (Å²) < 4.78 is 0.987. The Morgan fingerprint density at radius 2 is 1.78 bits per heavy atom. The fraction of sp³-hybridized carbons (Fsp3) is 0.300. The largest absolute Gasteiger partial charge is 0.302 e. The van der Waals surface area contributed by atoms with E-state index < -0.39 is 0 Å². The number of hydrogen-bond donors (Lipinski definition) is 0. The Balaban J connectivity index is 0.00000261. The van der Waals surface area contributed by atoms with Gasteiger partial charge < -0.3 is 4.90 Å². The van der Waals surface area contributed by atoms with Crippen molar-refractivity contribution < 1.29 is 4.79 Å². The number of amides is 1. The number of rotatable bonds is 7. The predicted molar refractivity (Wildman–Crippen MR) is 118 cm³/mol. The molecule has 0 aliphatic carbocycles. The number of carbonyl (C=O) groups is 1. The van der Waals surface area contributed by atoms with E-state index in [-0.39, 0.29) is 18.3 Å². The topological polar surface area (TPSA) is 36.4 Å². The third kappa shape index (κ3) is 5.20. The summed E-state index contributed by atoms with van der Waals surface area (Å²) in [6.45, 7) is 7.59. The van der Waals surface area contributed by atoms with Gasteiger partial charge in [-0.1, -0.05) is 55.0 Å². The Kier molecular flexibility index (Phi) is 8.05. The molecule has 2 aromatic carbocycles. The summed E-state index contributed by atoms with van der Waals surface area (Å²) in [5.74, 6) is -0.0251. The zero-order valence-electron chi connectivity index (χ0n) is 15.4. The van der Waals surface area contributed by atoms with Crippen LogP contribution in [0.25, 0.3) is 10.2 Å². The van der Waals surface area contributed by atoms with Gasteiger partial charge in [-0.25, -0.2) is 4.98 Å². The molecule has 0 aliphatic rings. The smallest absolute Gasteiger partial charge is 0.260 e. The molecule has 27 heavy (non-hydrogen) atoms. The van der Waals surface area contributed by atoms with Crippen LogP contribution in [-0.4, -0.2) is 42.0 Å². The Morgan fingerprint density at radius 1 is 1.07 bits per heavy atom. The average Bonchev–Trinajstić information content (AvgIpc) is 3.08. The van der Waals surface area contributed by atoms with Gasteiger partial charge in [0.15, 0.2) is 5.13 Å². The highest BCUT2D eigenvalue weighted by atomic mass is 35.5. The maximum Gasteiger partial charge on any atom is 0.260 e. The number of hydrogen-bond acceptors (Lipinski definition) is 4. The summed E-state index contributed by atoms with van der Waals surface area (Å²) in [5.41, 5.74) is 1.53. The average molecular weight is 424 g/mol. The summed E-state index contributed by atoms with van der Waals surface area (Å²) in [7, 11) is 0. The molecule has 1 heterocycles. The van der Waals surface area contributed by atoms with E-state index in [2.05, 4.69) is 23.7 Å². The Hall–Kier alpha value is -1.66. The maximum atomic E-state index is 13.1. The van der Waals surface area contributed by atoms with E-state index in [0.29, 0.717) is 22.3 Å². The summed E-state index contributed by atoms with van der Waals surface area (Å²) in [5, 5.41) is 1.39. The fourth-order valence-electron chi connectivity index (χ4n) is 2.80. The summed E-state index contributed by atoms with van der Waals surface area (Å²) >= 11 is 7.60. The van der Waals surface area contributed by atoms with Crippen LogP contribution < -0.4 is 4.90 Å². The van der Waals surface area contributed by atoms with Crippen molar-refractivity contribution in [2.45, 2.75) is 13.8 Å². The number of carbonyl (C=O) groups excluding carboxylic acids is 1. The minimum Gasteiger partial charge on any atom is -0.302 e. The summed E-state index contributed by atoms with van der Waals surface area (Å²) in [4.78, 5) is 21.9. The summed E-state index contributed by atoms with van der Waals surface area (Å²) in [6.07, 6.45) is 0. The molecule has 0 aliphatic heterocycles. The highest BCUT2D eigenvalue weighted by Crippen LogP contribution is 2.31. The van der Waals surface area contributed by atoms with E-state index >= 15 is 0 Å². The van der Waals surface area contributed by atoms with Gasteiger partial charge in [0.05, 0.1) is 10.2 Å². The molecule has 3 aromatic rings. The lowest BCUT2D eigenvalue weighted by Crippen LogP contribution is -2.38. The third-order valence-corrected chi connectivity index (χ3v) is 5.65. The van der Waals surface area contributed by atoms with Crippen molar-refractivity contribution in [3.8, 4) is 0 Å². The molecule has 0 saturated carbocycles. The van der Waals surface area contributed by atoms with Crippen molar-refractivity contribution >= 4 is 56.6 Å². The van der Waals surface area contributed by atoms with Crippen LogP contribution in [-0.2, 0) is 0 Å². The van der Waals surface area contributed by atoms with Gasteiger partial charge in [0.2, 0.25) is 0 Å². The van der Waals surface area contributed by atoms with Crippen molar-refractivity contribution in [1.29, 1.82) is 0 Å². The molecule has 0 radical (unpaired) electrons. The van der Waals surface area contributed by atoms with E-state index in [1.54, 1.807) is 4.90 Å². The molecular formula is C20H23Cl2N3OS. The van der Waals surface area contributed by atoms with Crippen LogP contribution in [0.1, 0.15) is 24.2 Å². The molecule has 0 spiro atoms. The van der Waals surface area contributed by atoms with Gasteiger partial charge >= 0.3 is 0 Å². The van der Waals surface area contributed by atoms with Gasteiger partial charge in [-0.05, 0) is 43.4 Å². The lowest BCUT2D eigenvalue weighted by atomic mass is 10.2. The molecule has 0 fully saturated rings. The van der Waals surface area contributed by atoms with Gasteiger partial charge in [-0.15, -0.1) is 12.4 Å². The normalized spacial score (nSPS) is 10.8. The van der Waals surface area contributed by atoms with Crippen LogP contribution in [0.5, 0.6) is 0 Å². The van der Waals surface area contributed by atoms with Crippen LogP contribution in [0.4, 0.5) is 5.13 Å². The highest BCUT2D eigenvalue weighted by molar-refractivity contribution is 7.22. The number of aromatic nitrogens is 1. The van der Waals surface area contributed by atoms with Crippen LogP contribution >= 0.6 is 35.3 Å². The number of benzene rings is 2. The second-order valence-corrected chi connectivity index (χ2v) is 7.40. The first-order valence-electron chi connectivity index (χ1n) is 8.77. The zero-order valence-corrected chi connectivity index (χ0v) is 17.8. The molecular weight excluding hydrogens is 401 g/mol.